The van der Waals surface area contributed by atoms with Crippen molar-refractivity contribution in [1.82, 2.24) is 36.4 Å². The van der Waals surface area contributed by atoms with Crippen LogP contribution in [0.15, 0.2) is 97.1 Å². The van der Waals surface area contributed by atoms with Crippen molar-refractivity contribution in [2.24, 2.45) is 75.4 Å². The summed E-state index contributed by atoms with van der Waals surface area (Å²) in [7, 11) is 9.01. The van der Waals surface area contributed by atoms with E-state index in [2.05, 4.69) is 121 Å². The van der Waals surface area contributed by atoms with Crippen LogP contribution in [0.1, 0.15) is 260 Å². The fourth-order valence-electron chi connectivity index (χ4n) is 20.2. The molecule has 8 bridgehead atoms. The van der Waals surface area contributed by atoms with Gasteiger partial charge < -0.3 is 26.6 Å². The maximum Gasteiger partial charge on any atom is 0.251 e. The van der Waals surface area contributed by atoms with Crippen LogP contribution in [0.25, 0.3) is 0 Å². The summed E-state index contributed by atoms with van der Waals surface area (Å²) in [5.41, 5.74) is 9.88. The monoisotopic (exact) mass is 1300 g/mol. The van der Waals surface area contributed by atoms with E-state index in [1.807, 2.05) is 60.7 Å². The van der Waals surface area contributed by atoms with Crippen LogP contribution in [0.4, 0.5) is 0 Å². The number of rotatable bonds is 25. The lowest BCUT2D eigenvalue weighted by atomic mass is 9.45. The zero-order chi connectivity index (χ0) is 67.0. The molecule has 524 valence electrons. The smallest absolute Gasteiger partial charge is 0.251 e. The van der Waals surface area contributed by atoms with Crippen molar-refractivity contribution in [2.45, 2.75) is 229 Å². The molecule has 0 radical (unpaired) electrons. The molecule has 11 nitrogen and oxygen atoms in total. The Morgan fingerprint density at radius 1 is 0.505 bits per heavy atom. The summed E-state index contributed by atoms with van der Waals surface area (Å²) in [4.78, 5) is 51.8. The molecule has 7 unspecified atom stereocenters. The molecule has 11 fully saturated rings. The molecule has 0 saturated heterocycles. The predicted molar refractivity (Wildman–Crippen MR) is 394 cm³/mol. The molecule has 11 aliphatic rings. The van der Waals surface area contributed by atoms with Crippen molar-refractivity contribution in [3.05, 3.63) is 142 Å². The highest BCUT2D eigenvalue weighted by molar-refractivity contribution is 5.95. The summed E-state index contributed by atoms with van der Waals surface area (Å²) in [6, 6.07) is 32.9. The average Bonchev–Trinajstić information content (AvgIpc) is 0.754. The normalized spacial score (nSPS) is 26.4. The first kappa shape index (κ1) is 75.4. The van der Waals surface area contributed by atoms with E-state index in [0.29, 0.717) is 22.3 Å². The molecule has 0 heterocycles. The summed E-state index contributed by atoms with van der Waals surface area (Å²) in [5, 5.41) is 14.3. The number of carbonyl (C=O) groups excluding carboxylic acids is 4. The van der Waals surface area contributed by atoms with Crippen LogP contribution >= 0.6 is 0 Å². The van der Waals surface area contributed by atoms with Gasteiger partial charge in [0.15, 0.2) is 0 Å². The fourth-order valence-corrected chi connectivity index (χ4v) is 20.2. The van der Waals surface area contributed by atoms with Gasteiger partial charge in [0.2, 0.25) is 0 Å². The first-order chi connectivity index (χ1) is 45.3. The van der Waals surface area contributed by atoms with E-state index in [9.17, 15) is 19.2 Å². The van der Waals surface area contributed by atoms with Crippen LogP contribution in [0.5, 0.6) is 0 Å². The number of hydrogen-bond acceptors (Lipinski definition) is 7. The van der Waals surface area contributed by atoms with Crippen molar-refractivity contribution < 1.29 is 19.2 Å². The molecule has 5 N–H and O–H groups in total. The number of aryl methyl sites for hydroxylation is 1. The molecular formula is C84H129N7O4. The Balaban J connectivity index is 0.000000163. The molecule has 11 aliphatic carbocycles. The van der Waals surface area contributed by atoms with E-state index < -0.39 is 0 Å². The molecule has 4 amide bonds. The minimum atomic E-state index is -0.0246. The van der Waals surface area contributed by atoms with Crippen LogP contribution in [-0.4, -0.2) is 94.3 Å². The van der Waals surface area contributed by atoms with Gasteiger partial charge in [-0.1, -0.05) is 149 Å². The second-order valence-electron chi connectivity index (χ2n) is 32.1. The fraction of sp³-hybridized carbons (Fsp3) is 0.667. The van der Waals surface area contributed by atoms with Crippen molar-refractivity contribution in [3.8, 4) is 0 Å². The molecule has 15 rings (SSSR count). The maximum atomic E-state index is 11.8. The number of nitrogens with one attached hydrogen (secondary N) is 5. The largest absolute Gasteiger partial charge is 0.355 e. The van der Waals surface area contributed by atoms with Crippen LogP contribution in [0.3, 0.4) is 0 Å². The van der Waals surface area contributed by atoms with E-state index in [0.717, 1.165) is 114 Å². The summed E-state index contributed by atoms with van der Waals surface area (Å²) in [5.74, 6) is 9.43. The van der Waals surface area contributed by atoms with Crippen molar-refractivity contribution in [2.75, 3.05) is 54.9 Å². The maximum absolute atomic E-state index is 11.8. The third-order valence-electron chi connectivity index (χ3n) is 25.4. The van der Waals surface area contributed by atoms with Gasteiger partial charge >= 0.3 is 0 Å². The van der Waals surface area contributed by atoms with Gasteiger partial charge in [-0.15, -0.1) is 0 Å². The molecule has 7 atom stereocenters. The molecule has 0 aliphatic heterocycles. The molecule has 95 heavy (non-hydrogen) atoms. The van der Waals surface area contributed by atoms with Gasteiger partial charge in [0.1, 0.15) is 0 Å². The highest BCUT2D eigenvalue weighted by Gasteiger charge is 2.56. The highest BCUT2D eigenvalue weighted by Crippen LogP contribution is 2.64. The lowest BCUT2D eigenvalue weighted by Gasteiger charge is -2.61. The van der Waals surface area contributed by atoms with Gasteiger partial charge in [0.05, 0.1) is 0 Å². The van der Waals surface area contributed by atoms with E-state index in [1.165, 1.54) is 183 Å². The Hall–Kier alpha value is -5.36. The quantitative estimate of drug-likeness (QED) is 0.0417. The lowest BCUT2D eigenvalue weighted by Crippen LogP contribution is -2.55. The average molecular weight is 1300 g/mol. The van der Waals surface area contributed by atoms with Crippen LogP contribution in [0, 0.1) is 75.4 Å². The molecule has 4 aromatic rings. The third-order valence-corrected chi connectivity index (χ3v) is 25.4. The van der Waals surface area contributed by atoms with E-state index in [-0.39, 0.29) is 31.1 Å². The third kappa shape index (κ3) is 19.5. The number of hydrogen-bond donors (Lipinski definition) is 5. The van der Waals surface area contributed by atoms with Gasteiger partial charge in [-0.3, -0.25) is 29.0 Å². The van der Waals surface area contributed by atoms with Gasteiger partial charge in [-0.25, -0.2) is 0 Å². The summed E-state index contributed by atoms with van der Waals surface area (Å²) < 4.78 is 0. The number of unbranched alkanes of at least 4 members (excludes halogenated alkanes) is 2. The summed E-state index contributed by atoms with van der Waals surface area (Å²) in [6.45, 7) is 21.0. The zero-order valence-electron chi connectivity index (χ0n) is 60.3. The van der Waals surface area contributed by atoms with Crippen molar-refractivity contribution >= 4 is 23.6 Å². The number of nitrogens with zero attached hydrogens (tertiary/aromatic N) is 2. The molecule has 11 heteroatoms. The second kappa shape index (κ2) is 35.4. The predicted octanol–water partition coefficient (Wildman–Crippen LogP) is 17.4. The van der Waals surface area contributed by atoms with E-state index >= 15 is 0 Å². The zero-order valence-corrected chi connectivity index (χ0v) is 60.3. The second-order valence-corrected chi connectivity index (χ2v) is 32.1. The van der Waals surface area contributed by atoms with Crippen molar-refractivity contribution in [3.63, 3.8) is 0 Å². The molecule has 0 aromatic heterocycles. The van der Waals surface area contributed by atoms with Gasteiger partial charge in [0, 0.05) is 82.7 Å². The first-order valence-electron chi connectivity index (χ1n) is 37.7. The first-order valence-corrected chi connectivity index (χ1v) is 37.7. The van der Waals surface area contributed by atoms with Gasteiger partial charge in [-0.05, 0) is 269 Å². The molecule has 4 aromatic carbocycles. The number of fused-ring (bicyclic) bond motifs is 4. The Bertz CT molecular complexity index is 2960. The number of carbonyl (C=O) groups is 4. The molecule has 11 saturated carbocycles. The summed E-state index contributed by atoms with van der Waals surface area (Å²) >= 11 is 0. The Kier molecular flexibility index (Phi) is 28.1. The van der Waals surface area contributed by atoms with E-state index in [1.54, 1.807) is 28.2 Å². The standard InChI is InChI=1S/C24H38N2O.C23H34N2O.C19H28N2O.C17H25NO.CH4/c1-5-6-7-14-26(16-18-8-10-19(11-9-18)23(27)25-4)17-20-12-13-21-15-22(20)24(21,2)3;1-4-21(23-12-17-9-18(13-23)11-19(10-17)14-23)25(3)15-16-5-7-20(8-6-16)22(26)24-2;1-19(2)16-9-8-15(17(19)10-16)12-21-11-13-4-6-14(7-5-13)18(22)20-3;1-18-17(19)16-12-10-15(11-13-16)9-5-8-14-6-3-2-4-7-14;/h8-11,20-22H,5-7,12-17H2,1-4H3,(H,25,27);5-8,17-19,21H,4,9-15H2,1-3H3,(H,24,26);4-7,15-17,21H,8-12H2,1-3H3,(H,20,22);10-14H,2-9H2,1H3,(H,18,19);1H4. The van der Waals surface area contributed by atoms with Crippen LogP contribution in [0.2, 0.25) is 0 Å². The molecular weight excluding hydrogens is 1170 g/mol. The van der Waals surface area contributed by atoms with Crippen LogP contribution < -0.4 is 26.6 Å². The number of benzene rings is 4. The minimum Gasteiger partial charge on any atom is -0.355 e. The topological polar surface area (TPSA) is 135 Å². The SMILES string of the molecule is C.CCC(N(C)Cc1ccc(C(=O)NC)cc1)C12CC3CC(CC(C3)C1)C2.CCCCCN(Cc1ccc(C(=O)NC)cc1)CC1CCC2CC1C2(C)C.CNC(=O)c1ccc(CCCC2CCCCC2)cc1.CNC(=O)c1ccc(CNCC2CCC3CC2C3(C)C)cc1. The Morgan fingerprint density at radius 2 is 0.937 bits per heavy atom. The molecule has 0 spiro atoms. The Morgan fingerprint density at radius 3 is 1.37 bits per heavy atom. The van der Waals surface area contributed by atoms with E-state index in [4.69, 9.17) is 0 Å². The lowest BCUT2D eigenvalue weighted by molar-refractivity contribution is -0.112. The summed E-state index contributed by atoms with van der Waals surface area (Å²) in [6.07, 6.45) is 33.6. The highest BCUT2D eigenvalue weighted by atomic mass is 16.2. The number of amides is 4. The van der Waals surface area contributed by atoms with Gasteiger partial charge in [-0.2, -0.15) is 0 Å². The van der Waals surface area contributed by atoms with Gasteiger partial charge in [0.25, 0.3) is 23.6 Å². The minimum absolute atomic E-state index is 0. The van der Waals surface area contributed by atoms with Crippen LogP contribution in [-0.2, 0) is 26.1 Å². The van der Waals surface area contributed by atoms with Crippen molar-refractivity contribution in [1.29, 1.82) is 0 Å². The Labute approximate surface area is 576 Å².